The number of nitrogens with one attached hydrogen (secondary N) is 2. The van der Waals surface area contributed by atoms with Gasteiger partial charge in [0.25, 0.3) is 0 Å². The molecule has 162 valence electrons. The summed E-state index contributed by atoms with van der Waals surface area (Å²) in [7, 11) is 0. The van der Waals surface area contributed by atoms with Crippen molar-refractivity contribution >= 4 is 11.9 Å². The molecule has 1 aromatic carbocycles. The third kappa shape index (κ3) is 6.92. The summed E-state index contributed by atoms with van der Waals surface area (Å²) in [5.74, 6) is 0.549. The fraction of sp³-hybridized carbons (Fsp3) is 0.600. The predicted molar refractivity (Wildman–Crippen MR) is 106 cm³/mol. The van der Waals surface area contributed by atoms with Gasteiger partial charge in [-0.1, -0.05) is 26.0 Å². The van der Waals surface area contributed by atoms with E-state index in [1.807, 2.05) is 25.7 Å². The molecule has 0 saturated carbocycles. The monoisotopic (exact) mass is 414 g/mol. The van der Waals surface area contributed by atoms with Gasteiger partial charge in [-0.25, -0.2) is 0 Å². The van der Waals surface area contributed by atoms with Crippen LogP contribution < -0.4 is 10.6 Å². The molecule has 1 aliphatic rings. The first kappa shape index (κ1) is 23.0. The zero-order valence-electron chi connectivity index (χ0n) is 17.1. The second kappa shape index (κ2) is 10.5. The first-order valence-corrected chi connectivity index (χ1v) is 9.82. The highest BCUT2D eigenvalue weighted by molar-refractivity contribution is 5.80. The van der Waals surface area contributed by atoms with E-state index in [9.17, 15) is 18.0 Å². The standard InChI is InChI=1S/C20H29F3N4O2/c1-4-24-19(26-9-8-25-18(28)14(2)3)27-10-11-29-17(13-27)15-6-5-7-16(12-15)20(21,22)23/h5-7,12,14,17H,4,8-11,13H2,1-3H3,(H,24,26)(H,25,28). The second-order valence-electron chi connectivity index (χ2n) is 7.11. The zero-order chi connectivity index (χ0) is 21.4. The fourth-order valence-electron chi connectivity index (χ4n) is 2.93. The first-order valence-electron chi connectivity index (χ1n) is 9.82. The van der Waals surface area contributed by atoms with Gasteiger partial charge in [-0.15, -0.1) is 0 Å². The molecular weight excluding hydrogens is 385 g/mol. The number of aliphatic imine (C=N–C) groups is 1. The van der Waals surface area contributed by atoms with Crippen LogP contribution in [0, 0.1) is 5.92 Å². The number of hydrogen-bond acceptors (Lipinski definition) is 3. The van der Waals surface area contributed by atoms with Crippen molar-refractivity contribution in [3.63, 3.8) is 0 Å². The molecule has 2 rings (SSSR count). The number of halogens is 3. The van der Waals surface area contributed by atoms with E-state index in [0.29, 0.717) is 50.9 Å². The summed E-state index contributed by atoms with van der Waals surface area (Å²) in [6.07, 6.45) is -4.86. The van der Waals surface area contributed by atoms with Crippen molar-refractivity contribution in [1.82, 2.24) is 15.5 Å². The number of nitrogens with zero attached hydrogens (tertiary/aromatic N) is 2. The quantitative estimate of drug-likeness (QED) is 0.427. The van der Waals surface area contributed by atoms with E-state index >= 15 is 0 Å². The lowest BCUT2D eigenvalue weighted by molar-refractivity contribution is -0.137. The van der Waals surface area contributed by atoms with Gasteiger partial charge < -0.3 is 20.3 Å². The third-order valence-corrected chi connectivity index (χ3v) is 4.48. The molecule has 2 N–H and O–H groups in total. The molecule has 6 nitrogen and oxygen atoms in total. The molecule has 1 aromatic rings. The van der Waals surface area contributed by atoms with Gasteiger partial charge in [0.1, 0.15) is 6.10 Å². The lowest BCUT2D eigenvalue weighted by Gasteiger charge is -2.35. The van der Waals surface area contributed by atoms with E-state index in [1.165, 1.54) is 6.07 Å². The SMILES string of the molecule is CCNC(=NCCNC(=O)C(C)C)N1CCOC(c2cccc(C(F)(F)F)c2)C1. The number of morpholine rings is 1. The lowest BCUT2D eigenvalue weighted by Crippen LogP contribution is -2.48. The molecule has 1 atom stereocenters. The van der Waals surface area contributed by atoms with E-state index in [1.54, 1.807) is 6.07 Å². The van der Waals surface area contributed by atoms with Gasteiger partial charge in [-0.2, -0.15) is 13.2 Å². The highest BCUT2D eigenvalue weighted by Gasteiger charge is 2.32. The molecule has 0 aromatic heterocycles. The number of ether oxygens (including phenoxy) is 1. The summed E-state index contributed by atoms with van der Waals surface area (Å²) in [5, 5.41) is 6.01. The van der Waals surface area contributed by atoms with Crippen LogP contribution in [-0.2, 0) is 15.7 Å². The van der Waals surface area contributed by atoms with Gasteiger partial charge in [-0.3, -0.25) is 9.79 Å². The van der Waals surface area contributed by atoms with Crippen molar-refractivity contribution in [1.29, 1.82) is 0 Å². The van der Waals surface area contributed by atoms with Crippen LogP contribution >= 0.6 is 0 Å². The smallest absolute Gasteiger partial charge is 0.370 e. The van der Waals surface area contributed by atoms with Gasteiger partial charge in [0.15, 0.2) is 5.96 Å². The van der Waals surface area contributed by atoms with Gasteiger partial charge in [0, 0.05) is 25.6 Å². The number of benzene rings is 1. The van der Waals surface area contributed by atoms with Gasteiger partial charge in [0.2, 0.25) is 5.91 Å². The number of rotatable bonds is 6. The summed E-state index contributed by atoms with van der Waals surface area (Å²) in [4.78, 5) is 18.1. The summed E-state index contributed by atoms with van der Waals surface area (Å²) in [5.41, 5.74) is -0.193. The average molecular weight is 414 g/mol. The Morgan fingerprint density at radius 1 is 1.34 bits per heavy atom. The number of alkyl halides is 3. The van der Waals surface area contributed by atoms with Gasteiger partial charge >= 0.3 is 6.18 Å². The number of carbonyl (C=O) groups excluding carboxylic acids is 1. The number of carbonyl (C=O) groups is 1. The van der Waals surface area contributed by atoms with Gasteiger partial charge in [-0.05, 0) is 24.6 Å². The summed E-state index contributed by atoms with van der Waals surface area (Å²) < 4.78 is 44.8. The lowest BCUT2D eigenvalue weighted by atomic mass is 10.0. The highest BCUT2D eigenvalue weighted by atomic mass is 19.4. The maximum atomic E-state index is 13.0. The molecule has 1 heterocycles. The zero-order valence-corrected chi connectivity index (χ0v) is 17.1. The Kier molecular flexibility index (Phi) is 8.31. The van der Waals surface area contributed by atoms with Crippen LogP contribution in [0.2, 0.25) is 0 Å². The van der Waals surface area contributed by atoms with Crippen molar-refractivity contribution in [2.45, 2.75) is 33.1 Å². The minimum atomic E-state index is -4.39. The largest absolute Gasteiger partial charge is 0.416 e. The van der Waals surface area contributed by atoms with Crippen molar-refractivity contribution in [2.24, 2.45) is 10.9 Å². The number of guanidine groups is 1. The van der Waals surface area contributed by atoms with Crippen LogP contribution in [-0.4, -0.2) is 56.1 Å². The van der Waals surface area contributed by atoms with Crippen molar-refractivity contribution in [3.8, 4) is 0 Å². The number of amides is 1. The number of hydrogen-bond donors (Lipinski definition) is 2. The summed E-state index contributed by atoms with van der Waals surface area (Å²) >= 11 is 0. The van der Waals surface area contributed by atoms with Crippen LogP contribution in [0.25, 0.3) is 0 Å². The molecule has 1 unspecified atom stereocenters. The average Bonchev–Trinajstić information content (AvgIpc) is 2.69. The van der Waals surface area contributed by atoms with E-state index in [0.717, 1.165) is 12.1 Å². The Morgan fingerprint density at radius 3 is 2.76 bits per heavy atom. The van der Waals surface area contributed by atoms with Crippen LogP contribution in [0.1, 0.15) is 38.0 Å². The summed E-state index contributed by atoms with van der Waals surface area (Å²) in [6.45, 7) is 8.44. The van der Waals surface area contributed by atoms with E-state index < -0.39 is 17.8 Å². The molecular formula is C20H29F3N4O2. The van der Waals surface area contributed by atoms with Crippen LogP contribution in [0.3, 0.4) is 0 Å². The van der Waals surface area contributed by atoms with Crippen molar-refractivity contribution in [3.05, 3.63) is 35.4 Å². The molecule has 1 fully saturated rings. The molecule has 0 aliphatic carbocycles. The van der Waals surface area contributed by atoms with Crippen molar-refractivity contribution < 1.29 is 22.7 Å². The molecule has 0 radical (unpaired) electrons. The van der Waals surface area contributed by atoms with E-state index in [-0.39, 0.29) is 11.8 Å². The van der Waals surface area contributed by atoms with Gasteiger partial charge in [0.05, 0.1) is 25.3 Å². The molecule has 9 heteroatoms. The maximum absolute atomic E-state index is 13.0. The molecule has 1 saturated heterocycles. The van der Waals surface area contributed by atoms with Crippen LogP contribution in [0.4, 0.5) is 13.2 Å². The minimum Gasteiger partial charge on any atom is -0.370 e. The van der Waals surface area contributed by atoms with Crippen LogP contribution in [0.5, 0.6) is 0 Å². The first-order chi connectivity index (χ1) is 13.7. The van der Waals surface area contributed by atoms with Crippen LogP contribution in [0.15, 0.2) is 29.3 Å². The topological polar surface area (TPSA) is 66.0 Å². The molecule has 1 amide bonds. The molecule has 29 heavy (non-hydrogen) atoms. The summed E-state index contributed by atoms with van der Waals surface area (Å²) in [6, 6.07) is 5.24. The Labute approximate surface area is 169 Å². The maximum Gasteiger partial charge on any atom is 0.416 e. The predicted octanol–water partition coefficient (Wildman–Crippen LogP) is 2.82. The second-order valence-corrected chi connectivity index (χ2v) is 7.11. The normalized spacial score (nSPS) is 18.1. The Bertz CT molecular complexity index is 707. The van der Waals surface area contributed by atoms with E-state index in [4.69, 9.17) is 4.74 Å². The molecule has 0 bridgehead atoms. The Morgan fingerprint density at radius 2 is 2.10 bits per heavy atom. The molecule has 1 aliphatic heterocycles. The molecule has 0 spiro atoms. The Hall–Kier alpha value is -2.29. The third-order valence-electron chi connectivity index (χ3n) is 4.48. The highest BCUT2D eigenvalue weighted by Crippen LogP contribution is 2.32. The fourth-order valence-corrected chi connectivity index (χ4v) is 2.93. The van der Waals surface area contributed by atoms with Crippen molar-refractivity contribution in [2.75, 3.05) is 39.3 Å². The van der Waals surface area contributed by atoms with E-state index in [2.05, 4.69) is 15.6 Å². The minimum absolute atomic E-state index is 0.0267. The Balaban J connectivity index is 2.04.